The highest BCUT2D eigenvalue weighted by atomic mass is 32.2. The van der Waals surface area contributed by atoms with Crippen LogP contribution in [0.4, 0.5) is 0 Å². The van der Waals surface area contributed by atoms with Gasteiger partial charge in [-0.15, -0.1) is 0 Å². The Kier molecular flexibility index (Phi) is 7.90. The molecule has 1 aromatic carbocycles. The summed E-state index contributed by atoms with van der Waals surface area (Å²) in [4.78, 5) is 12.7. The average molecular weight is 355 g/mol. The predicted octanol–water partition coefficient (Wildman–Crippen LogP) is 2.93. The molecule has 0 fully saturated rings. The van der Waals surface area contributed by atoms with Crippen molar-refractivity contribution in [1.29, 1.82) is 0 Å². The van der Waals surface area contributed by atoms with Crippen molar-refractivity contribution in [3.63, 3.8) is 0 Å². The first-order chi connectivity index (χ1) is 11.1. The summed E-state index contributed by atoms with van der Waals surface area (Å²) in [6.07, 6.45) is 1.89. The first kappa shape index (κ1) is 20.6. The normalized spacial score (nSPS) is 14.6. The van der Waals surface area contributed by atoms with Crippen LogP contribution in [0.2, 0.25) is 0 Å². The zero-order chi connectivity index (χ0) is 18.3. The number of benzene rings is 1. The molecule has 0 aliphatic rings. The number of carbonyl (C=O) groups excluding carboxylic acids is 1. The average Bonchev–Trinajstić information content (AvgIpc) is 2.51. The van der Waals surface area contributed by atoms with E-state index in [4.69, 9.17) is 0 Å². The number of carbonyl (C=O) groups is 1. The number of rotatable bonds is 9. The molecule has 0 saturated heterocycles. The lowest BCUT2D eigenvalue weighted by Crippen LogP contribution is -2.51. The van der Waals surface area contributed by atoms with Gasteiger partial charge < -0.3 is 5.32 Å². The van der Waals surface area contributed by atoms with Gasteiger partial charge in [0, 0.05) is 6.04 Å². The van der Waals surface area contributed by atoms with Crippen molar-refractivity contribution in [1.82, 2.24) is 10.0 Å². The zero-order valence-electron chi connectivity index (χ0n) is 15.2. The van der Waals surface area contributed by atoms with Gasteiger partial charge >= 0.3 is 0 Å². The molecule has 0 radical (unpaired) electrons. The summed E-state index contributed by atoms with van der Waals surface area (Å²) in [6, 6.07) is 7.33. The second-order valence-electron chi connectivity index (χ2n) is 7.04. The fraction of sp³-hybridized carbons (Fsp3) is 0.611. The molecule has 0 aromatic heterocycles. The van der Waals surface area contributed by atoms with Crippen LogP contribution in [0.1, 0.15) is 47.5 Å². The first-order valence-corrected chi connectivity index (χ1v) is 9.99. The Bertz CT molecular complexity index is 612. The first-order valence-electron chi connectivity index (χ1n) is 8.51. The number of amides is 1. The van der Waals surface area contributed by atoms with Gasteiger partial charge in [0.15, 0.2) is 0 Å². The Balaban J connectivity index is 2.78. The molecule has 2 N–H and O–H groups in total. The SMILES string of the molecule is CC(C)CCC(C)NC(=O)[C@@H](NS(=O)(=O)c1ccccc1)C(C)C. The van der Waals surface area contributed by atoms with Gasteiger partial charge in [-0.05, 0) is 43.7 Å². The fourth-order valence-corrected chi connectivity index (χ4v) is 3.68. The molecule has 2 atom stereocenters. The second kappa shape index (κ2) is 9.18. The highest BCUT2D eigenvalue weighted by Crippen LogP contribution is 2.12. The second-order valence-corrected chi connectivity index (χ2v) is 8.75. The molecule has 136 valence electrons. The number of sulfonamides is 1. The van der Waals surface area contributed by atoms with Gasteiger partial charge in [0.05, 0.1) is 4.90 Å². The Morgan fingerprint density at radius 1 is 1.00 bits per heavy atom. The van der Waals surface area contributed by atoms with E-state index in [0.29, 0.717) is 5.92 Å². The predicted molar refractivity (Wildman–Crippen MR) is 97.1 cm³/mol. The van der Waals surface area contributed by atoms with Crippen molar-refractivity contribution < 1.29 is 13.2 Å². The fourth-order valence-electron chi connectivity index (χ4n) is 2.32. The van der Waals surface area contributed by atoms with Crippen molar-refractivity contribution in [3.05, 3.63) is 30.3 Å². The van der Waals surface area contributed by atoms with Crippen LogP contribution in [0.15, 0.2) is 35.2 Å². The Morgan fingerprint density at radius 2 is 1.58 bits per heavy atom. The summed E-state index contributed by atoms with van der Waals surface area (Å²) in [7, 11) is -3.72. The lowest BCUT2D eigenvalue weighted by atomic mass is 10.0. The Hall–Kier alpha value is -1.40. The van der Waals surface area contributed by atoms with Gasteiger partial charge in [-0.3, -0.25) is 4.79 Å². The van der Waals surface area contributed by atoms with Gasteiger partial charge in [0.25, 0.3) is 0 Å². The van der Waals surface area contributed by atoms with Crippen molar-refractivity contribution in [2.75, 3.05) is 0 Å². The molecule has 0 aliphatic heterocycles. The minimum atomic E-state index is -3.72. The monoisotopic (exact) mass is 354 g/mol. The van der Waals surface area contributed by atoms with Gasteiger partial charge in [-0.2, -0.15) is 4.72 Å². The summed E-state index contributed by atoms with van der Waals surface area (Å²) in [5, 5.41) is 2.92. The van der Waals surface area contributed by atoms with Crippen LogP contribution in [0, 0.1) is 11.8 Å². The molecule has 24 heavy (non-hydrogen) atoms. The molecular formula is C18H30N2O3S. The number of nitrogens with one attached hydrogen (secondary N) is 2. The quantitative estimate of drug-likeness (QED) is 0.716. The van der Waals surface area contributed by atoms with Crippen LogP contribution in [-0.2, 0) is 14.8 Å². The van der Waals surface area contributed by atoms with E-state index in [-0.39, 0.29) is 22.8 Å². The van der Waals surface area contributed by atoms with Crippen molar-refractivity contribution >= 4 is 15.9 Å². The maximum Gasteiger partial charge on any atom is 0.241 e. The smallest absolute Gasteiger partial charge is 0.241 e. The third-order valence-electron chi connectivity index (χ3n) is 3.85. The molecule has 1 aromatic rings. The molecule has 5 nitrogen and oxygen atoms in total. The van der Waals surface area contributed by atoms with Crippen molar-refractivity contribution in [2.45, 2.75) is 64.4 Å². The minimum absolute atomic E-state index is 0.0161. The van der Waals surface area contributed by atoms with Crippen LogP contribution in [-0.4, -0.2) is 26.4 Å². The summed E-state index contributed by atoms with van der Waals surface area (Å²) in [5.41, 5.74) is 0. The number of hydrogen-bond donors (Lipinski definition) is 2. The number of hydrogen-bond acceptors (Lipinski definition) is 3. The van der Waals surface area contributed by atoms with Crippen molar-refractivity contribution in [2.24, 2.45) is 11.8 Å². The van der Waals surface area contributed by atoms with Gasteiger partial charge in [0.1, 0.15) is 6.04 Å². The van der Waals surface area contributed by atoms with E-state index in [2.05, 4.69) is 23.9 Å². The van der Waals surface area contributed by atoms with Gasteiger partial charge in [-0.1, -0.05) is 45.9 Å². The highest BCUT2D eigenvalue weighted by Gasteiger charge is 2.28. The molecule has 0 bridgehead atoms. The van der Waals surface area contributed by atoms with Crippen LogP contribution < -0.4 is 10.0 Å². The molecule has 1 rings (SSSR count). The summed E-state index contributed by atoms with van der Waals surface area (Å²) in [5.74, 6) is 0.142. The van der Waals surface area contributed by atoms with Crippen LogP contribution >= 0.6 is 0 Å². The van der Waals surface area contributed by atoms with Crippen LogP contribution in [0.5, 0.6) is 0 Å². The van der Waals surface area contributed by atoms with Crippen LogP contribution in [0.3, 0.4) is 0 Å². The topological polar surface area (TPSA) is 75.3 Å². The zero-order valence-corrected chi connectivity index (χ0v) is 16.1. The van der Waals surface area contributed by atoms with Crippen LogP contribution in [0.25, 0.3) is 0 Å². The largest absolute Gasteiger partial charge is 0.352 e. The standard InChI is InChI=1S/C18H30N2O3S/c1-13(2)11-12-15(5)19-18(21)17(14(3)4)20-24(22,23)16-9-7-6-8-10-16/h6-10,13-15,17,20H,11-12H2,1-5H3,(H,19,21)/t15?,17-/m0/s1. The van der Waals surface area contributed by atoms with E-state index in [0.717, 1.165) is 12.8 Å². The van der Waals surface area contributed by atoms with E-state index >= 15 is 0 Å². The lowest BCUT2D eigenvalue weighted by Gasteiger charge is -2.24. The molecular weight excluding hydrogens is 324 g/mol. The van der Waals surface area contributed by atoms with E-state index in [9.17, 15) is 13.2 Å². The maximum atomic E-state index is 12.5. The van der Waals surface area contributed by atoms with Gasteiger partial charge in [0.2, 0.25) is 15.9 Å². The molecule has 0 spiro atoms. The Morgan fingerprint density at radius 3 is 2.08 bits per heavy atom. The Labute approximate surface area is 146 Å². The molecule has 0 heterocycles. The maximum absolute atomic E-state index is 12.5. The minimum Gasteiger partial charge on any atom is -0.352 e. The van der Waals surface area contributed by atoms with E-state index in [1.165, 1.54) is 12.1 Å². The van der Waals surface area contributed by atoms with E-state index in [1.807, 2.05) is 20.8 Å². The summed E-state index contributed by atoms with van der Waals surface area (Å²) in [6.45, 7) is 9.88. The van der Waals surface area contributed by atoms with Crippen molar-refractivity contribution in [3.8, 4) is 0 Å². The third kappa shape index (κ3) is 6.61. The third-order valence-corrected chi connectivity index (χ3v) is 5.31. The summed E-state index contributed by atoms with van der Waals surface area (Å²) < 4.78 is 27.5. The molecule has 0 saturated carbocycles. The molecule has 1 amide bonds. The highest BCUT2D eigenvalue weighted by molar-refractivity contribution is 7.89. The summed E-state index contributed by atoms with van der Waals surface area (Å²) >= 11 is 0. The molecule has 1 unspecified atom stereocenters. The van der Waals surface area contributed by atoms with E-state index < -0.39 is 16.1 Å². The molecule has 6 heteroatoms. The van der Waals surface area contributed by atoms with E-state index in [1.54, 1.807) is 18.2 Å². The van der Waals surface area contributed by atoms with Gasteiger partial charge in [-0.25, -0.2) is 8.42 Å². The lowest BCUT2D eigenvalue weighted by molar-refractivity contribution is -0.124. The molecule has 0 aliphatic carbocycles.